The first-order chi connectivity index (χ1) is 25.8. The highest BCUT2D eigenvalue weighted by Gasteiger charge is 2.02. The van der Waals surface area contributed by atoms with Crippen molar-refractivity contribution in [1.29, 1.82) is 0 Å². The Labute approximate surface area is 311 Å². The van der Waals surface area contributed by atoms with E-state index in [4.69, 9.17) is 18.9 Å². The lowest BCUT2D eigenvalue weighted by Gasteiger charge is -2.06. The van der Waals surface area contributed by atoms with Crippen molar-refractivity contribution in [2.45, 2.75) is 46.5 Å². The van der Waals surface area contributed by atoms with E-state index in [1.807, 2.05) is 123 Å². The van der Waals surface area contributed by atoms with Crippen LogP contribution in [0.2, 0.25) is 0 Å². The van der Waals surface area contributed by atoms with Crippen molar-refractivity contribution in [3.8, 4) is 11.5 Å². The molecule has 0 aromatic heterocycles. The first kappa shape index (κ1) is 39.6. The molecule has 0 atom stereocenters. The summed E-state index contributed by atoms with van der Waals surface area (Å²) in [7, 11) is 0. The summed E-state index contributed by atoms with van der Waals surface area (Å²) < 4.78 is 21.4. The van der Waals surface area contributed by atoms with Crippen LogP contribution >= 0.6 is 0 Å². The van der Waals surface area contributed by atoms with Gasteiger partial charge < -0.3 is 18.9 Å². The highest BCUT2D eigenvalue weighted by molar-refractivity contribution is 6.02. The van der Waals surface area contributed by atoms with Crippen LogP contribution in [0.1, 0.15) is 68.7 Å². The van der Waals surface area contributed by atoms with Crippen molar-refractivity contribution in [3.05, 3.63) is 132 Å². The zero-order valence-electron chi connectivity index (χ0n) is 30.6. The number of ether oxygens (including phenoxy) is 4. The Morgan fingerprint density at radius 3 is 1.34 bits per heavy atom. The lowest BCUT2D eigenvalue weighted by Crippen LogP contribution is -2.04. The number of nitrogens with zero attached hydrogens (tertiary/aromatic N) is 4. The predicted molar refractivity (Wildman–Crippen MR) is 212 cm³/mol. The van der Waals surface area contributed by atoms with Crippen LogP contribution in [0.3, 0.4) is 0 Å². The van der Waals surface area contributed by atoms with E-state index in [9.17, 15) is 9.59 Å². The average Bonchev–Trinajstić information content (AvgIpc) is 3.18. The standard InChI is InChI=1S/C43H46N4O6/c1-5-43(49)53-29-9-8-28-52-42-24-12-36(13-25-42)31-45-40-20-16-38(17-21-40)33(3)47-46-32(2)37-14-18-39(19-15-37)44-30-35-10-22-41(23-11-35)51-27-7-6-26-50-34(4)48/h5,10-25,30-31H,1,6-9,26-29H2,2-4H3. The third kappa shape index (κ3) is 14.9. The maximum absolute atomic E-state index is 11.1. The van der Waals surface area contributed by atoms with Gasteiger partial charge in [0.2, 0.25) is 0 Å². The second-order valence-corrected chi connectivity index (χ2v) is 11.9. The zero-order chi connectivity index (χ0) is 37.7. The van der Waals surface area contributed by atoms with E-state index in [1.165, 1.54) is 6.92 Å². The number of carbonyl (C=O) groups is 2. The summed E-state index contributed by atoms with van der Waals surface area (Å²) in [6.07, 6.45) is 7.88. The molecular formula is C43H46N4O6. The minimum atomic E-state index is -0.406. The van der Waals surface area contributed by atoms with Crippen LogP contribution in [0.4, 0.5) is 11.4 Å². The number of benzene rings is 4. The first-order valence-corrected chi connectivity index (χ1v) is 17.6. The van der Waals surface area contributed by atoms with Gasteiger partial charge in [0.25, 0.3) is 0 Å². The van der Waals surface area contributed by atoms with Crippen molar-refractivity contribution < 1.29 is 28.5 Å². The number of rotatable bonds is 20. The molecule has 0 aliphatic carbocycles. The van der Waals surface area contributed by atoms with Crippen LogP contribution in [0, 0.1) is 0 Å². The SMILES string of the molecule is C=CC(=O)OCCCCOc1ccc(C=Nc2ccc(C(C)=NN=C(C)c3ccc(N=Cc4ccc(OCCCCOC(C)=O)cc4)cc3)cc2)cc1. The molecule has 274 valence electrons. The van der Waals surface area contributed by atoms with Gasteiger partial charge in [-0.15, -0.1) is 0 Å². The van der Waals surface area contributed by atoms with Gasteiger partial charge in [-0.25, -0.2) is 4.79 Å². The molecule has 4 rings (SSSR count). The maximum Gasteiger partial charge on any atom is 0.330 e. The van der Waals surface area contributed by atoms with E-state index in [-0.39, 0.29) is 5.97 Å². The number of hydrogen-bond acceptors (Lipinski definition) is 10. The molecular weight excluding hydrogens is 668 g/mol. The molecule has 0 aliphatic heterocycles. The Morgan fingerprint density at radius 1 is 0.547 bits per heavy atom. The topological polar surface area (TPSA) is 120 Å². The van der Waals surface area contributed by atoms with Crippen molar-refractivity contribution >= 4 is 47.2 Å². The summed E-state index contributed by atoms with van der Waals surface area (Å²) in [6.45, 7) is 10.5. The van der Waals surface area contributed by atoms with Gasteiger partial charge in [-0.2, -0.15) is 10.2 Å². The zero-order valence-corrected chi connectivity index (χ0v) is 30.6. The molecule has 0 radical (unpaired) electrons. The molecule has 10 nitrogen and oxygen atoms in total. The molecule has 0 spiro atoms. The van der Waals surface area contributed by atoms with Gasteiger partial charge in [0.05, 0.1) is 49.2 Å². The highest BCUT2D eigenvalue weighted by Crippen LogP contribution is 2.18. The Hall–Kier alpha value is -6.16. The van der Waals surface area contributed by atoms with Crippen LogP contribution in [0.25, 0.3) is 0 Å². The highest BCUT2D eigenvalue weighted by atomic mass is 16.5. The van der Waals surface area contributed by atoms with Crippen LogP contribution in [0.5, 0.6) is 11.5 Å². The van der Waals surface area contributed by atoms with Gasteiger partial charge in [0.15, 0.2) is 0 Å². The van der Waals surface area contributed by atoms with Crippen LogP contribution in [-0.2, 0) is 19.1 Å². The van der Waals surface area contributed by atoms with E-state index in [1.54, 1.807) is 0 Å². The normalized spacial score (nSPS) is 11.8. The fourth-order valence-electron chi connectivity index (χ4n) is 4.68. The summed E-state index contributed by atoms with van der Waals surface area (Å²) in [5.74, 6) is 0.899. The van der Waals surface area contributed by atoms with Crippen LogP contribution in [-0.4, -0.2) is 62.2 Å². The van der Waals surface area contributed by atoms with Crippen molar-refractivity contribution in [2.24, 2.45) is 20.2 Å². The lowest BCUT2D eigenvalue weighted by molar-refractivity contribution is -0.141. The minimum absolute atomic E-state index is 0.258. The lowest BCUT2D eigenvalue weighted by atomic mass is 10.1. The third-order valence-corrected chi connectivity index (χ3v) is 7.74. The van der Waals surface area contributed by atoms with Crippen molar-refractivity contribution in [1.82, 2.24) is 0 Å². The number of esters is 2. The predicted octanol–water partition coefficient (Wildman–Crippen LogP) is 9.03. The van der Waals surface area contributed by atoms with E-state index in [0.29, 0.717) is 26.4 Å². The van der Waals surface area contributed by atoms with Crippen molar-refractivity contribution in [3.63, 3.8) is 0 Å². The quantitative estimate of drug-likeness (QED) is 0.0296. The fraction of sp³-hybridized carbons (Fsp3) is 0.256. The number of aliphatic imine (C=N–C) groups is 2. The maximum atomic E-state index is 11.1. The Morgan fingerprint density at radius 2 is 0.943 bits per heavy atom. The molecule has 0 bridgehead atoms. The molecule has 4 aromatic rings. The van der Waals surface area contributed by atoms with Gasteiger partial charge in [0, 0.05) is 25.4 Å². The van der Waals surface area contributed by atoms with E-state index in [2.05, 4.69) is 26.8 Å². The minimum Gasteiger partial charge on any atom is -0.494 e. The van der Waals surface area contributed by atoms with Gasteiger partial charge in [-0.05, 0) is 135 Å². The van der Waals surface area contributed by atoms with Crippen LogP contribution in [0.15, 0.2) is 130 Å². The monoisotopic (exact) mass is 714 g/mol. The molecule has 0 saturated heterocycles. The Bertz CT molecular complexity index is 1880. The van der Waals surface area contributed by atoms with Gasteiger partial charge in [-0.1, -0.05) is 30.8 Å². The summed E-state index contributed by atoms with van der Waals surface area (Å²) in [5, 5.41) is 8.93. The van der Waals surface area contributed by atoms with E-state index < -0.39 is 5.97 Å². The molecule has 53 heavy (non-hydrogen) atoms. The largest absolute Gasteiger partial charge is 0.494 e. The van der Waals surface area contributed by atoms with E-state index in [0.717, 1.165) is 88.3 Å². The number of hydrogen-bond donors (Lipinski definition) is 0. The van der Waals surface area contributed by atoms with Gasteiger partial charge in [-0.3, -0.25) is 14.8 Å². The molecule has 0 fully saturated rings. The average molecular weight is 715 g/mol. The second-order valence-electron chi connectivity index (χ2n) is 11.9. The molecule has 4 aromatic carbocycles. The fourth-order valence-corrected chi connectivity index (χ4v) is 4.68. The van der Waals surface area contributed by atoms with Crippen molar-refractivity contribution in [2.75, 3.05) is 26.4 Å². The van der Waals surface area contributed by atoms with E-state index >= 15 is 0 Å². The Kier molecular flexibility index (Phi) is 16.4. The number of carbonyl (C=O) groups excluding carboxylic acids is 2. The molecule has 0 heterocycles. The molecule has 0 amide bonds. The second kappa shape index (κ2) is 21.9. The molecule has 0 saturated carbocycles. The molecule has 0 aliphatic rings. The summed E-state index contributed by atoms with van der Waals surface area (Å²) in [5.41, 5.74) is 7.09. The van der Waals surface area contributed by atoms with Crippen LogP contribution < -0.4 is 9.47 Å². The van der Waals surface area contributed by atoms with Gasteiger partial charge in [0.1, 0.15) is 11.5 Å². The number of unbranched alkanes of at least 4 members (excludes halogenated alkanes) is 2. The summed E-state index contributed by atoms with van der Waals surface area (Å²) >= 11 is 0. The molecule has 10 heteroatoms. The third-order valence-electron chi connectivity index (χ3n) is 7.74. The first-order valence-electron chi connectivity index (χ1n) is 17.6. The summed E-state index contributed by atoms with van der Waals surface area (Å²) in [4.78, 5) is 31.0. The smallest absolute Gasteiger partial charge is 0.330 e. The van der Waals surface area contributed by atoms with Gasteiger partial charge >= 0.3 is 11.9 Å². The Balaban J connectivity index is 1.20. The molecule has 0 N–H and O–H groups in total. The molecule has 0 unspecified atom stereocenters. The summed E-state index contributed by atoms with van der Waals surface area (Å²) in [6, 6.07) is 31.2.